The van der Waals surface area contributed by atoms with E-state index in [9.17, 15) is 18.4 Å². The summed E-state index contributed by atoms with van der Waals surface area (Å²) >= 11 is 0. The van der Waals surface area contributed by atoms with Gasteiger partial charge < -0.3 is 15.4 Å². The summed E-state index contributed by atoms with van der Waals surface area (Å²) in [5.74, 6) is -3.55. The molecule has 0 bridgehead atoms. The second-order valence-electron chi connectivity index (χ2n) is 4.53. The van der Waals surface area contributed by atoms with Gasteiger partial charge in [-0.15, -0.1) is 0 Å². The molecule has 0 unspecified atom stereocenters. The molecule has 5 nitrogen and oxygen atoms in total. The molecular weight excluding hydrogens is 270 g/mol. The molecule has 0 saturated carbocycles. The van der Waals surface area contributed by atoms with Crippen LogP contribution in [-0.4, -0.2) is 36.5 Å². The van der Waals surface area contributed by atoms with Gasteiger partial charge in [0.15, 0.2) is 6.61 Å². The molecule has 1 amide bonds. The number of anilines is 1. The average Bonchev–Trinajstić information content (AvgIpc) is 2.38. The predicted octanol–water partition coefficient (Wildman–Crippen LogP) is 1.57. The van der Waals surface area contributed by atoms with Crippen LogP contribution in [0.15, 0.2) is 12.1 Å². The highest BCUT2D eigenvalue weighted by Gasteiger charge is 2.19. The van der Waals surface area contributed by atoms with Gasteiger partial charge in [0.2, 0.25) is 0 Å². The number of halogens is 2. The van der Waals surface area contributed by atoms with Gasteiger partial charge in [-0.05, 0) is 19.9 Å². The standard InChI is InChI=1S/C13H16F2N2O3/c1-7(2)17(3)12(18)6-20-13(19)8-4-11(16)10(15)5-9(8)14/h4-5,7H,6,16H2,1-3H3. The quantitative estimate of drug-likeness (QED) is 0.673. The first-order valence-electron chi connectivity index (χ1n) is 5.91. The topological polar surface area (TPSA) is 72.6 Å². The van der Waals surface area contributed by atoms with Gasteiger partial charge in [0.25, 0.3) is 5.91 Å². The summed E-state index contributed by atoms with van der Waals surface area (Å²) in [6, 6.07) is 1.27. The Morgan fingerprint density at radius 1 is 1.30 bits per heavy atom. The maximum atomic E-state index is 13.4. The Bertz CT molecular complexity index is 533. The highest BCUT2D eigenvalue weighted by atomic mass is 19.1. The normalized spacial score (nSPS) is 10.5. The zero-order valence-corrected chi connectivity index (χ0v) is 11.4. The van der Waals surface area contributed by atoms with Crippen molar-refractivity contribution < 1.29 is 23.1 Å². The lowest BCUT2D eigenvalue weighted by molar-refractivity contribution is -0.134. The van der Waals surface area contributed by atoms with E-state index >= 15 is 0 Å². The number of carbonyl (C=O) groups excluding carboxylic acids is 2. The molecule has 0 heterocycles. The second-order valence-corrected chi connectivity index (χ2v) is 4.53. The van der Waals surface area contributed by atoms with Crippen molar-refractivity contribution in [3.63, 3.8) is 0 Å². The van der Waals surface area contributed by atoms with Crippen molar-refractivity contribution in [2.24, 2.45) is 0 Å². The van der Waals surface area contributed by atoms with E-state index in [-0.39, 0.29) is 11.7 Å². The smallest absolute Gasteiger partial charge is 0.341 e. The zero-order valence-electron chi connectivity index (χ0n) is 11.4. The number of hydrogen-bond acceptors (Lipinski definition) is 4. The molecule has 0 aliphatic heterocycles. The van der Waals surface area contributed by atoms with Crippen molar-refractivity contribution in [3.8, 4) is 0 Å². The lowest BCUT2D eigenvalue weighted by atomic mass is 10.2. The van der Waals surface area contributed by atoms with E-state index in [0.29, 0.717) is 6.07 Å². The van der Waals surface area contributed by atoms with Gasteiger partial charge in [-0.25, -0.2) is 13.6 Å². The third-order valence-electron chi connectivity index (χ3n) is 2.80. The number of benzene rings is 1. The summed E-state index contributed by atoms with van der Waals surface area (Å²) in [7, 11) is 1.55. The van der Waals surface area contributed by atoms with Crippen molar-refractivity contribution >= 4 is 17.6 Å². The van der Waals surface area contributed by atoms with E-state index in [1.807, 2.05) is 0 Å². The highest BCUT2D eigenvalue weighted by Crippen LogP contribution is 2.17. The Hall–Kier alpha value is -2.18. The third kappa shape index (κ3) is 3.66. The van der Waals surface area contributed by atoms with Crippen LogP contribution < -0.4 is 5.73 Å². The molecule has 1 aromatic carbocycles. The summed E-state index contributed by atoms with van der Waals surface area (Å²) in [6.45, 7) is 3.06. The molecule has 1 rings (SSSR count). The first-order valence-corrected chi connectivity index (χ1v) is 5.91. The second kappa shape index (κ2) is 6.31. The van der Waals surface area contributed by atoms with E-state index in [0.717, 1.165) is 6.07 Å². The van der Waals surface area contributed by atoms with Crippen molar-refractivity contribution in [2.75, 3.05) is 19.4 Å². The Morgan fingerprint density at radius 3 is 2.45 bits per heavy atom. The first kappa shape index (κ1) is 15.9. The molecule has 0 spiro atoms. The van der Waals surface area contributed by atoms with E-state index in [1.165, 1.54) is 4.90 Å². The molecule has 7 heteroatoms. The molecule has 0 aliphatic rings. The summed E-state index contributed by atoms with van der Waals surface area (Å²) < 4.78 is 31.0. The van der Waals surface area contributed by atoms with Crippen molar-refractivity contribution in [3.05, 3.63) is 29.3 Å². The average molecular weight is 286 g/mol. The monoisotopic (exact) mass is 286 g/mol. The van der Waals surface area contributed by atoms with Crippen LogP contribution in [0.3, 0.4) is 0 Å². The Labute approximate surface area is 115 Å². The number of amides is 1. The Balaban J connectivity index is 2.73. The summed E-state index contributed by atoms with van der Waals surface area (Å²) in [5, 5.41) is 0. The molecule has 0 aliphatic carbocycles. The minimum absolute atomic E-state index is 0.0561. The van der Waals surface area contributed by atoms with Crippen molar-refractivity contribution in [1.82, 2.24) is 4.90 Å². The first-order chi connectivity index (χ1) is 9.23. The fourth-order valence-electron chi connectivity index (χ4n) is 1.32. The van der Waals surface area contributed by atoms with Gasteiger partial charge in [0, 0.05) is 19.2 Å². The summed E-state index contributed by atoms with van der Waals surface area (Å²) in [5.41, 5.74) is 4.37. The number of esters is 1. The van der Waals surface area contributed by atoms with Gasteiger partial charge in [-0.3, -0.25) is 4.79 Å². The summed E-state index contributed by atoms with van der Waals surface area (Å²) in [4.78, 5) is 24.6. The number of nitrogen functional groups attached to an aromatic ring is 1. The Kier molecular flexibility index (Phi) is 5.01. The maximum absolute atomic E-state index is 13.4. The molecule has 110 valence electrons. The third-order valence-corrected chi connectivity index (χ3v) is 2.80. The summed E-state index contributed by atoms with van der Waals surface area (Å²) in [6.07, 6.45) is 0. The van der Waals surface area contributed by atoms with E-state index in [1.54, 1.807) is 20.9 Å². The van der Waals surface area contributed by atoms with Crippen molar-refractivity contribution in [2.45, 2.75) is 19.9 Å². The number of carbonyl (C=O) groups is 2. The molecule has 0 atom stereocenters. The maximum Gasteiger partial charge on any atom is 0.341 e. The van der Waals surface area contributed by atoms with Crippen LogP contribution in [0.1, 0.15) is 24.2 Å². The van der Waals surface area contributed by atoms with Crippen LogP contribution in [0.2, 0.25) is 0 Å². The molecule has 0 fully saturated rings. The number of rotatable bonds is 4. The number of nitrogens with two attached hydrogens (primary N) is 1. The van der Waals surface area contributed by atoms with Gasteiger partial charge in [-0.2, -0.15) is 0 Å². The van der Waals surface area contributed by atoms with Crippen LogP contribution >= 0.6 is 0 Å². The molecule has 0 radical (unpaired) electrons. The van der Waals surface area contributed by atoms with Crippen LogP contribution in [0, 0.1) is 11.6 Å². The molecule has 20 heavy (non-hydrogen) atoms. The SMILES string of the molecule is CC(C)N(C)C(=O)COC(=O)c1cc(N)c(F)cc1F. The number of hydrogen-bond donors (Lipinski definition) is 1. The van der Waals surface area contributed by atoms with E-state index in [4.69, 9.17) is 5.73 Å². The van der Waals surface area contributed by atoms with Crippen LogP contribution in [0.4, 0.5) is 14.5 Å². The van der Waals surface area contributed by atoms with E-state index < -0.39 is 35.7 Å². The lowest BCUT2D eigenvalue weighted by Gasteiger charge is -2.21. The van der Waals surface area contributed by atoms with Gasteiger partial charge >= 0.3 is 5.97 Å². The fourth-order valence-corrected chi connectivity index (χ4v) is 1.32. The van der Waals surface area contributed by atoms with Crippen LogP contribution in [-0.2, 0) is 9.53 Å². The Morgan fingerprint density at radius 2 is 1.90 bits per heavy atom. The van der Waals surface area contributed by atoms with Crippen LogP contribution in [0.25, 0.3) is 0 Å². The molecule has 1 aromatic rings. The minimum atomic E-state index is -1.09. The molecule has 0 saturated heterocycles. The lowest BCUT2D eigenvalue weighted by Crippen LogP contribution is -2.36. The van der Waals surface area contributed by atoms with E-state index in [2.05, 4.69) is 4.74 Å². The molecular formula is C13H16F2N2O3. The minimum Gasteiger partial charge on any atom is -0.452 e. The van der Waals surface area contributed by atoms with Gasteiger partial charge in [-0.1, -0.05) is 0 Å². The largest absolute Gasteiger partial charge is 0.452 e. The zero-order chi connectivity index (χ0) is 15.4. The number of ether oxygens (including phenoxy) is 1. The fraction of sp³-hybridized carbons (Fsp3) is 0.385. The van der Waals surface area contributed by atoms with Crippen molar-refractivity contribution in [1.29, 1.82) is 0 Å². The molecule has 2 N–H and O–H groups in total. The van der Waals surface area contributed by atoms with Gasteiger partial charge in [0.05, 0.1) is 11.3 Å². The highest BCUT2D eigenvalue weighted by molar-refractivity contribution is 5.92. The number of nitrogens with zero attached hydrogens (tertiary/aromatic N) is 1. The van der Waals surface area contributed by atoms with Crippen LogP contribution in [0.5, 0.6) is 0 Å². The van der Waals surface area contributed by atoms with Gasteiger partial charge in [0.1, 0.15) is 11.6 Å². The molecule has 0 aromatic heterocycles. The predicted molar refractivity (Wildman–Crippen MR) is 69.0 cm³/mol. The number of likely N-dealkylation sites (N-methyl/N-ethyl adjacent to an activating group) is 1.